The van der Waals surface area contributed by atoms with E-state index < -0.39 is 7.81 Å². The summed E-state index contributed by atoms with van der Waals surface area (Å²) in [6.45, 7) is 0. The summed E-state index contributed by atoms with van der Waals surface area (Å²) in [5.41, 5.74) is 1.46. The second-order valence-corrected chi connectivity index (χ2v) is 8.97. The van der Waals surface area contributed by atoms with Crippen LogP contribution in [0.5, 0.6) is 11.5 Å². The molecule has 3 rings (SSSR count). The Balaban J connectivity index is 0.000000558. The first-order valence-corrected chi connectivity index (χ1v) is 11.4. The Kier molecular flexibility index (Phi) is 8.92. The normalized spacial score (nSPS) is 21.2. The van der Waals surface area contributed by atoms with Gasteiger partial charge in [0.2, 0.25) is 0 Å². The topological polar surface area (TPSA) is 65.2 Å². The molecule has 0 bridgehead atoms. The van der Waals surface area contributed by atoms with E-state index in [4.69, 9.17) is 0 Å². The van der Waals surface area contributed by atoms with Crippen molar-refractivity contribution in [3.05, 3.63) is 59.7 Å². The molecule has 1 saturated carbocycles. The third-order valence-electron chi connectivity index (χ3n) is 4.38. The van der Waals surface area contributed by atoms with Gasteiger partial charge in [0.1, 0.15) is 11.5 Å². The van der Waals surface area contributed by atoms with E-state index in [2.05, 4.69) is 9.98 Å². The standard InChI is InChI=1S/C20H22N2O2.Co.F6P/c23-19-11-5-1-7-15(19)13-21-17-9-3-4-10-18(17)22-14-16-8-2-6-12-20(16)24;;1-7(2,3,4,5)6/h1-2,5-8,11-14,17-18,23-24H,3-4,9-10H2;;/q;;-1/t17-,18-;;/m0../s1. The fourth-order valence-electron chi connectivity index (χ4n) is 2.98. The number of phenols is 2. The molecule has 0 amide bonds. The molecule has 2 atom stereocenters. The van der Waals surface area contributed by atoms with Gasteiger partial charge in [0.15, 0.2) is 0 Å². The molecule has 0 aromatic heterocycles. The molecule has 2 N–H and O–H groups in total. The molecular weight excluding hydrogens is 504 g/mol. The Morgan fingerprint density at radius 2 is 1.00 bits per heavy atom. The quantitative estimate of drug-likeness (QED) is 0.249. The van der Waals surface area contributed by atoms with E-state index in [1.807, 2.05) is 24.3 Å². The van der Waals surface area contributed by atoms with E-state index in [0.29, 0.717) is 0 Å². The van der Waals surface area contributed by atoms with Crippen molar-refractivity contribution in [2.45, 2.75) is 37.8 Å². The summed E-state index contributed by atoms with van der Waals surface area (Å²) in [4.78, 5) is 9.34. The van der Waals surface area contributed by atoms with Crippen LogP contribution in [0.15, 0.2) is 58.5 Å². The fourth-order valence-corrected chi connectivity index (χ4v) is 2.98. The van der Waals surface area contributed by atoms with Crippen LogP contribution in [0, 0.1) is 0 Å². The third-order valence-corrected chi connectivity index (χ3v) is 4.38. The number of aliphatic imine (C=N–C) groups is 2. The van der Waals surface area contributed by atoms with Crippen molar-refractivity contribution >= 4 is 20.2 Å². The Bertz CT molecular complexity index is 880. The molecule has 1 aliphatic rings. The molecule has 1 aliphatic carbocycles. The number of aromatic hydroxyl groups is 2. The van der Waals surface area contributed by atoms with Gasteiger partial charge in [-0.2, -0.15) is 0 Å². The number of rotatable bonds is 4. The minimum atomic E-state index is -10.7. The van der Waals surface area contributed by atoms with Gasteiger partial charge >= 0.3 is 33.0 Å². The molecule has 12 heteroatoms. The average molecular weight is 526 g/mol. The van der Waals surface area contributed by atoms with Gasteiger partial charge in [-0.1, -0.05) is 37.1 Å². The van der Waals surface area contributed by atoms with Gasteiger partial charge in [0.25, 0.3) is 0 Å². The summed E-state index contributed by atoms with van der Waals surface area (Å²) in [5, 5.41) is 19.7. The molecule has 1 fully saturated rings. The number of para-hydroxylation sites is 2. The van der Waals surface area contributed by atoms with Gasteiger partial charge in [0.05, 0.1) is 12.1 Å². The zero-order valence-electron chi connectivity index (χ0n) is 16.6. The van der Waals surface area contributed by atoms with Gasteiger partial charge in [0, 0.05) is 40.3 Å². The second-order valence-electron chi connectivity index (χ2n) is 7.05. The largest absolute Gasteiger partial charge is 0.507 e. The van der Waals surface area contributed by atoms with Crippen molar-refractivity contribution in [1.29, 1.82) is 0 Å². The Morgan fingerprint density at radius 3 is 1.31 bits per heavy atom. The maximum Gasteiger partial charge on any atom is 0.124 e. The van der Waals surface area contributed by atoms with Crippen LogP contribution in [0.4, 0.5) is 25.2 Å². The molecule has 2 aromatic carbocycles. The Hall–Kier alpha value is -2.10. The van der Waals surface area contributed by atoms with Crippen molar-refractivity contribution < 1.29 is 52.2 Å². The first kappa shape index (κ1) is 27.9. The number of phenolic OH excluding ortho intramolecular Hbond substituents is 2. The molecule has 2 aromatic rings. The summed E-state index contributed by atoms with van der Waals surface area (Å²) in [6.07, 6.45) is 7.76. The van der Waals surface area contributed by atoms with E-state index in [1.165, 1.54) is 0 Å². The molecular formula is C20H22CoF6N2O2P-. The van der Waals surface area contributed by atoms with Crippen molar-refractivity contribution in [3.8, 4) is 11.5 Å². The summed E-state index contributed by atoms with van der Waals surface area (Å²) in [5.74, 6) is 0.484. The van der Waals surface area contributed by atoms with Crippen molar-refractivity contribution in [2.75, 3.05) is 0 Å². The van der Waals surface area contributed by atoms with Gasteiger partial charge in [-0.15, -0.1) is 0 Å². The predicted octanol–water partition coefficient (Wildman–Crippen LogP) is 7.33. The van der Waals surface area contributed by atoms with Crippen LogP contribution in [0.1, 0.15) is 36.8 Å². The first-order chi connectivity index (χ1) is 14.2. The zero-order chi connectivity index (χ0) is 23.2. The van der Waals surface area contributed by atoms with E-state index in [-0.39, 0.29) is 40.4 Å². The second kappa shape index (κ2) is 10.2. The smallest absolute Gasteiger partial charge is 0.124 e. The summed E-state index contributed by atoms with van der Waals surface area (Å²) >= 11 is 0. The van der Waals surface area contributed by atoms with Gasteiger partial charge < -0.3 is 10.2 Å². The third kappa shape index (κ3) is 12.1. The van der Waals surface area contributed by atoms with Crippen molar-refractivity contribution in [1.82, 2.24) is 0 Å². The van der Waals surface area contributed by atoms with Crippen LogP contribution in [0.3, 0.4) is 0 Å². The predicted molar refractivity (Wildman–Crippen MR) is 111 cm³/mol. The number of hydrogen-bond acceptors (Lipinski definition) is 4. The number of hydrogen-bond donors (Lipinski definition) is 2. The van der Waals surface area contributed by atoms with E-state index in [0.717, 1.165) is 36.8 Å². The Labute approximate surface area is 191 Å². The molecule has 1 radical (unpaired) electrons. The SMILES string of the molecule is F[P-](F)(F)(F)(F)F.Oc1ccccc1C=N[C@H]1CCCC[C@@H]1N=Cc1ccccc1O.[Co]. The van der Waals surface area contributed by atoms with E-state index in [9.17, 15) is 35.4 Å². The van der Waals surface area contributed by atoms with Crippen LogP contribution in [0.25, 0.3) is 0 Å². The molecule has 0 saturated heterocycles. The number of halogens is 6. The van der Waals surface area contributed by atoms with Crippen LogP contribution < -0.4 is 0 Å². The number of benzene rings is 2. The molecule has 0 aliphatic heterocycles. The summed E-state index contributed by atoms with van der Waals surface area (Å²) < 4.78 is 59.2. The fraction of sp³-hybridized carbons (Fsp3) is 0.300. The van der Waals surface area contributed by atoms with Crippen LogP contribution in [-0.2, 0) is 16.8 Å². The molecule has 32 heavy (non-hydrogen) atoms. The van der Waals surface area contributed by atoms with Crippen molar-refractivity contribution in [3.63, 3.8) is 0 Å². The summed E-state index contributed by atoms with van der Waals surface area (Å²) in [6, 6.07) is 14.6. The zero-order valence-corrected chi connectivity index (χ0v) is 18.5. The molecule has 0 unspecified atom stereocenters. The number of nitrogens with zero attached hydrogens (tertiary/aromatic N) is 2. The van der Waals surface area contributed by atoms with Gasteiger partial charge in [-0.3, -0.25) is 9.98 Å². The van der Waals surface area contributed by atoms with Gasteiger partial charge in [-0.05, 0) is 37.1 Å². The molecule has 0 heterocycles. The average Bonchev–Trinajstić information content (AvgIpc) is 2.65. The monoisotopic (exact) mass is 526 g/mol. The maximum atomic E-state index is 9.87. The molecule has 4 nitrogen and oxygen atoms in total. The van der Waals surface area contributed by atoms with Crippen LogP contribution in [-0.4, -0.2) is 34.7 Å². The van der Waals surface area contributed by atoms with Crippen molar-refractivity contribution in [2.24, 2.45) is 9.98 Å². The van der Waals surface area contributed by atoms with Crippen LogP contribution in [0.2, 0.25) is 0 Å². The van der Waals surface area contributed by atoms with E-state index >= 15 is 0 Å². The minimum absolute atomic E-state index is 0. The molecule has 0 spiro atoms. The van der Waals surface area contributed by atoms with Crippen LogP contribution >= 0.6 is 7.81 Å². The molecule has 181 valence electrons. The summed E-state index contributed by atoms with van der Waals surface area (Å²) in [7, 11) is -10.7. The maximum absolute atomic E-state index is 10.7. The first-order valence-electron chi connectivity index (χ1n) is 9.38. The van der Waals surface area contributed by atoms with E-state index in [1.54, 1.807) is 36.7 Å². The Morgan fingerprint density at radius 1 is 0.688 bits per heavy atom. The minimum Gasteiger partial charge on any atom is -0.507 e. The van der Waals surface area contributed by atoms with Gasteiger partial charge in [-0.25, -0.2) is 0 Å².